The van der Waals surface area contributed by atoms with Crippen LogP contribution in [-0.4, -0.2) is 53.5 Å². The molecule has 0 amide bonds. The molecule has 3 rings (SSSR count). The van der Waals surface area contributed by atoms with Crippen LogP contribution in [0.25, 0.3) is 0 Å². The number of nitrogens with one attached hydrogen (secondary N) is 2. The first kappa shape index (κ1) is 18.0. The number of hydrogen-bond acceptors (Lipinski definition) is 5. The van der Waals surface area contributed by atoms with Gasteiger partial charge in [-0.2, -0.15) is 0 Å². The van der Waals surface area contributed by atoms with Gasteiger partial charge in [-0.1, -0.05) is 12.1 Å². The first-order valence-electron chi connectivity index (χ1n) is 8.97. The average molecular weight is 357 g/mol. The van der Waals surface area contributed by atoms with Gasteiger partial charge in [0, 0.05) is 32.7 Å². The van der Waals surface area contributed by atoms with Crippen molar-refractivity contribution in [3.63, 3.8) is 0 Å². The summed E-state index contributed by atoms with van der Waals surface area (Å²) in [4.78, 5) is 6.99. The van der Waals surface area contributed by atoms with Crippen LogP contribution >= 0.6 is 0 Å². The van der Waals surface area contributed by atoms with E-state index in [4.69, 9.17) is 4.74 Å². The number of benzene rings is 1. The average Bonchev–Trinajstić information content (AvgIpc) is 3.29. The summed E-state index contributed by atoms with van der Waals surface area (Å²) in [6, 6.07) is 8.48. The predicted molar refractivity (Wildman–Crippen MR) is 103 cm³/mol. The molecular weight excluding hydrogens is 330 g/mol. The highest BCUT2D eigenvalue weighted by Gasteiger charge is 2.25. The molecule has 0 saturated carbocycles. The fourth-order valence-electron chi connectivity index (χ4n) is 3.10. The Morgan fingerprint density at radius 2 is 2.23 bits per heavy atom. The highest BCUT2D eigenvalue weighted by Crippen LogP contribution is 2.30. The maximum absolute atomic E-state index is 5.49. The molecule has 1 aromatic carbocycles. The standard InChI is InChI=1S/C18H27N7O/c1-4-19-18(20-11-17-23-21-13-24(17)2)22-14-9-10-25(12-14)15-7-5-6-8-16(15)26-3/h5-8,13-14H,4,9-12H2,1-3H3,(H2,19,20,22). The number of nitrogens with zero attached hydrogens (tertiary/aromatic N) is 5. The monoisotopic (exact) mass is 357 g/mol. The summed E-state index contributed by atoms with van der Waals surface area (Å²) in [6.07, 6.45) is 2.74. The van der Waals surface area contributed by atoms with Gasteiger partial charge in [-0.25, -0.2) is 4.99 Å². The number of methoxy groups -OCH3 is 1. The quantitative estimate of drug-likeness (QED) is 0.597. The lowest BCUT2D eigenvalue weighted by atomic mass is 10.2. The molecule has 2 N–H and O–H groups in total. The van der Waals surface area contributed by atoms with Gasteiger partial charge in [0.15, 0.2) is 11.8 Å². The van der Waals surface area contributed by atoms with E-state index < -0.39 is 0 Å². The maximum Gasteiger partial charge on any atom is 0.191 e. The molecule has 1 aliphatic rings. The summed E-state index contributed by atoms with van der Waals surface area (Å²) in [7, 11) is 3.64. The fourth-order valence-corrected chi connectivity index (χ4v) is 3.10. The summed E-state index contributed by atoms with van der Waals surface area (Å²) in [5.41, 5.74) is 1.14. The fraction of sp³-hybridized carbons (Fsp3) is 0.500. The van der Waals surface area contributed by atoms with Gasteiger partial charge in [-0.05, 0) is 25.5 Å². The Bertz CT molecular complexity index is 743. The third kappa shape index (κ3) is 4.25. The van der Waals surface area contributed by atoms with Crippen molar-refractivity contribution in [1.82, 2.24) is 25.4 Å². The van der Waals surface area contributed by atoms with E-state index in [-0.39, 0.29) is 0 Å². The van der Waals surface area contributed by atoms with Crippen LogP contribution in [0.15, 0.2) is 35.6 Å². The van der Waals surface area contributed by atoms with Crippen LogP contribution in [-0.2, 0) is 13.6 Å². The van der Waals surface area contributed by atoms with E-state index in [1.807, 2.05) is 29.8 Å². The first-order chi connectivity index (χ1) is 12.7. The summed E-state index contributed by atoms with van der Waals surface area (Å²) >= 11 is 0. The highest BCUT2D eigenvalue weighted by atomic mass is 16.5. The molecule has 2 heterocycles. The van der Waals surface area contributed by atoms with E-state index in [9.17, 15) is 0 Å². The molecule has 0 radical (unpaired) electrons. The van der Waals surface area contributed by atoms with Gasteiger partial charge in [0.1, 0.15) is 18.6 Å². The zero-order valence-electron chi connectivity index (χ0n) is 15.6. The number of rotatable bonds is 6. The maximum atomic E-state index is 5.49. The second-order valence-corrected chi connectivity index (χ2v) is 6.30. The molecule has 1 atom stereocenters. The Morgan fingerprint density at radius 3 is 2.96 bits per heavy atom. The number of ether oxygens (including phenoxy) is 1. The van der Waals surface area contributed by atoms with Crippen molar-refractivity contribution in [2.45, 2.75) is 25.9 Å². The minimum Gasteiger partial charge on any atom is -0.495 e. The van der Waals surface area contributed by atoms with Crippen LogP contribution in [0.3, 0.4) is 0 Å². The van der Waals surface area contributed by atoms with Gasteiger partial charge >= 0.3 is 0 Å². The molecule has 26 heavy (non-hydrogen) atoms. The number of anilines is 1. The molecular formula is C18H27N7O. The predicted octanol–water partition coefficient (Wildman–Crippen LogP) is 1.16. The third-order valence-electron chi connectivity index (χ3n) is 4.48. The number of guanidine groups is 1. The number of hydrogen-bond donors (Lipinski definition) is 2. The Kier molecular flexibility index (Phi) is 5.93. The van der Waals surface area contributed by atoms with E-state index >= 15 is 0 Å². The van der Waals surface area contributed by atoms with E-state index in [1.54, 1.807) is 13.4 Å². The Hall–Kier alpha value is -2.77. The number of aromatic nitrogens is 3. The number of aliphatic imine (C=N–C) groups is 1. The molecule has 8 heteroatoms. The van der Waals surface area contributed by atoms with Gasteiger partial charge in [0.25, 0.3) is 0 Å². The number of para-hydroxylation sites is 2. The van der Waals surface area contributed by atoms with Crippen molar-refractivity contribution in [3.8, 4) is 5.75 Å². The second-order valence-electron chi connectivity index (χ2n) is 6.30. The van der Waals surface area contributed by atoms with Crippen LogP contribution in [0, 0.1) is 0 Å². The van der Waals surface area contributed by atoms with Crippen LogP contribution in [0.2, 0.25) is 0 Å². The molecule has 1 unspecified atom stereocenters. The second kappa shape index (κ2) is 8.55. The van der Waals surface area contributed by atoms with Gasteiger partial charge in [-0.3, -0.25) is 0 Å². The van der Waals surface area contributed by atoms with Crippen molar-refractivity contribution >= 4 is 11.6 Å². The van der Waals surface area contributed by atoms with Gasteiger partial charge in [0.2, 0.25) is 0 Å². The number of aryl methyl sites for hydroxylation is 1. The van der Waals surface area contributed by atoms with Crippen molar-refractivity contribution in [3.05, 3.63) is 36.4 Å². The molecule has 140 valence electrons. The molecule has 1 aliphatic heterocycles. The third-order valence-corrected chi connectivity index (χ3v) is 4.48. The Balaban J connectivity index is 1.62. The van der Waals surface area contributed by atoms with E-state index in [2.05, 4.69) is 43.7 Å². The summed E-state index contributed by atoms with van der Waals surface area (Å²) in [6.45, 7) is 5.27. The van der Waals surface area contributed by atoms with Gasteiger partial charge in [0.05, 0.1) is 12.8 Å². The molecule has 2 aromatic rings. The lowest BCUT2D eigenvalue weighted by Gasteiger charge is -2.22. The summed E-state index contributed by atoms with van der Waals surface area (Å²) in [5.74, 6) is 2.56. The Morgan fingerprint density at radius 1 is 1.38 bits per heavy atom. The summed E-state index contributed by atoms with van der Waals surface area (Å²) < 4.78 is 7.37. The lowest BCUT2D eigenvalue weighted by Crippen LogP contribution is -2.44. The molecule has 1 fully saturated rings. The largest absolute Gasteiger partial charge is 0.495 e. The normalized spacial score (nSPS) is 17.4. The minimum absolute atomic E-state index is 0.331. The van der Waals surface area contributed by atoms with Gasteiger partial charge in [-0.15, -0.1) is 10.2 Å². The van der Waals surface area contributed by atoms with E-state index in [0.717, 1.165) is 49.3 Å². The highest BCUT2D eigenvalue weighted by molar-refractivity contribution is 5.80. The van der Waals surface area contributed by atoms with Crippen LogP contribution in [0.4, 0.5) is 5.69 Å². The van der Waals surface area contributed by atoms with Crippen molar-refractivity contribution in [2.24, 2.45) is 12.0 Å². The zero-order chi connectivity index (χ0) is 18.4. The van der Waals surface area contributed by atoms with Crippen molar-refractivity contribution in [1.29, 1.82) is 0 Å². The lowest BCUT2D eigenvalue weighted by molar-refractivity contribution is 0.415. The molecule has 8 nitrogen and oxygen atoms in total. The summed E-state index contributed by atoms with van der Waals surface area (Å²) in [5, 5.41) is 14.8. The SMILES string of the molecule is CCNC(=NCc1nncn1C)NC1CCN(c2ccccc2OC)C1. The van der Waals surface area contributed by atoms with Crippen molar-refractivity contribution in [2.75, 3.05) is 31.6 Å². The van der Waals surface area contributed by atoms with Crippen LogP contribution in [0.5, 0.6) is 5.75 Å². The van der Waals surface area contributed by atoms with E-state index in [1.165, 1.54) is 0 Å². The van der Waals surface area contributed by atoms with Crippen molar-refractivity contribution < 1.29 is 4.74 Å². The molecule has 1 saturated heterocycles. The Labute approximate surface area is 154 Å². The topological polar surface area (TPSA) is 79.6 Å². The molecule has 0 aliphatic carbocycles. The van der Waals surface area contributed by atoms with Gasteiger partial charge < -0.3 is 24.8 Å². The van der Waals surface area contributed by atoms with Crippen LogP contribution < -0.4 is 20.3 Å². The zero-order valence-corrected chi connectivity index (χ0v) is 15.6. The van der Waals surface area contributed by atoms with E-state index in [0.29, 0.717) is 12.6 Å². The molecule has 1 aromatic heterocycles. The molecule has 0 spiro atoms. The first-order valence-corrected chi connectivity index (χ1v) is 8.97. The van der Waals surface area contributed by atoms with Crippen LogP contribution in [0.1, 0.15) is 19.2 Å². The minimum atomic E-state index is 0.331. The smallest absolute Gasteiger partial charge is 0.191 e. The molecule has 0 bridgehead atoms.